The topological polar surface area (TPSA) is 74.2 Å². The number of phenolic OH excluding ortho intramolecular Hbond substituents is 1. The van der Waals surface area contributed by atoms with E-state index >= 15 is 0 Å². The standard InChI is InChI=1S/C15H22O6/c1-10(2)13(16)7-12-14(17)5-11(20-8-18-3)6-15(12)21-9-19-4/h5-6,10,17H,7-9H2,1-4H3. The molecule has 0 aliphatic rings. The van der Waals surface area contributed by atoms with Gasteiger partial charge in [0.25, 0.3) is 0 Å². The van der Waals surface area contributed by atoms with Crippen LogP contribution in [0.15, 0.2) is 12.1 Å². The maximum Gasteiger partial charge on any atom is 0.188 e. The molecule has 1 aromatic rings. The van der Waals surface area contributed by atoms with Gasteiger partial charge in [-0.05, 0) is 0 Å². The third-order valence-electron chi connectivity index (χ3n) is 2.83. The maximum atomic E-state index is 11.9. The van der Waals surface area contributed by atoms with E-state index in [1.54, 1.807) is 6.07 Å². The van der Waals surface area contributed by atoms with Gasteiger partial charge in [0.05, 0.1) is 0 Å². The Kier molecular flexibility index (Phi) is 6.98. The summed E-state index contributed by atoms with van der Waals surface area (Å²) in [5, 5.41) is 10.1. The van der Waals surface area contributed by atoms with Crippen LogP contribution in [0.25, 0.3) is 0 Å². The van der Waals surface area contributed by atoms with E-state index in [0.29, 0.717) is 17.1 Å². The molecule has 0 unspecified atom stereocenters. The molecule has 0 atom stereocenters. The summed E-state index contributed by atoms with van der Waals surface area (Å²) < 4.78 is 20.4. The van der Waals surface area contributed by atoms with E-state index < -0.39 is 0 Å². The summed E-state index contributed by atoms with van der Waals surface area (Å²) in [6, 6.07) is 3.03. The number of hydrogen-bond acceptors (Lipinski definition) is 6. The Bertz CT molecular complexity index is 469. The van der Waals surface area contributed by atoms with E-state index in [4.69, 9.17) is 18.9 Å². The first-order chi connectivity index (χ1) is 9.99. The monoisotopic (exact) mass is 298 g/mol. The minimum atomic E-state index is -0.121. The number of phenols is 1. The number of aromatic hydroxyl groups is 1. The lowest BCUT2D eigenvalue weighted by atomic mass is 9.99. The second-order valence-electron chi connectivity index (χ2n) is 4.82. The smallest absolute Gasteiger partial charge is 0.188 e. The third kappa shape index (κ3) is 5.24. The average Bonchev–Trinajstić information content (AvgIpc) is 2.45. The molecule has 0 amide bonds. The third-order valence-corrected chi connectivity index (χ3v) is 2.83. The van der Waals surface area contributed by atoms with Crippen LogP contribution >= 0.6 is 0 Å². The zero-order valence-corrected chi connectivity index (χ0v) is 12.8. The molecule has 0 saturated heterocycles. The number of benzene rings is 1. The van der Waals surface area contributed by atoms with Crippen molar-refractivity contribution in [2.75, 3.05) is 27.8 Å². The fraction of sp³-hybridized carbons (Fsp3) is 0.533. The van der Waals surface area contributed by atoms with Crippen molar-refractivity contribution in [3.63, 3.8) is 0 Å². The van der Waals surface area contributed by atoms with E-state index in [1.165, 1.54) is 20.3 Å². The lowest BCUT2D eigenvalue weighted by Crippen LogP contribution is -2.12. The Balaban J connectivity index is 3.05. The first kappa shape index (κ1) is 17.3. The van der Waals surface area contributed by atoms with Gasteiger partial charge < -0.3 is 24.1 Å². The van der Waals surface area contributed by atoms with Gasteiger partial charge in [-0.2, -0.15) is 0 Å². The molecule has 118 valence electrons. The van der Waals surface area contributed by atoms with Gasteiger partial charge in [0.1, 0.15) is 23.0 Å². The molecule has 0 saturated carbocycles. The van der Waals surface area contributed by atoms with Gasteiger partial charge in [0.15, 0.2) is 13.6 Å². The SMILES string of the molecule is COCOc1cc(O)c(CC(=O)C(C)C)c(OCOC)c1. The highest BCUT2D eigenvalue weighted by Gasteiger charge is 2.18. The molecule has 1 aromatic carbocycles. The van der Waals surface area contributed by atoms with E-state index in [2.05, 4.69) is 0 Å². The van der Waals surface area contributed by atoms with E-state index in [1.807, 2.05) is 13.8 Å². The fourth-order valence-corrected chi connectivity index (χ4v) is 1.62. The van der Waals surface area contributed by atoms with Gasteiger partial charge in [0.2, 0.25) is 0 Å². The molecule has 6 nitrogen and oxygen atoms in total. The molecule has 0 spiro atoms. The first-order valence-corrected chi connectivity index (χ1v) is 6.61. The zero-order chi connectivity index (χ0) is 15.8. The molecule has 6 heteroatoms. The second kappa shape index (κ2) is 8.49. The van der Waals surface area contributed by atoms with Crippen LogP contribution < -0.4 is 9.47 Å². The van der Waals surface area contributed by atoms with Crippen LogP contribution in [0.1, 0.15) is 19.4 Å². The van der Waals surface area contributed by atoms with Crippen molar-refractivity contribution in [2.45, 2.75) is 20.3 Å². The predicted molar refractivity (Wildman–Crippen MR) is 76.7 cm³/mol. The Morgan fingerprint density at radius 2 is 1.76 bits per heavy atom. The van der Waals surface area contributed by atoms with Crippen LogP contribution in [0.3, 0.4) is 0 Å². The maximum absolute atomic E-state index is 11.9. The lowest BCUT2D eigenvalue weighted by molar-refractivity contribution is -0.121. The van der Waals surface area contributed by atoms with Gasteiger partial charge in [0, 0.05) is 44.3 Å². The van der Waals surface area contributed by atoms with Gasteiger partial charge in [-0.1, -0.05) is 13.8 Å². The fourth-order valence-electron chi connectivity index (χ4n) is 1.62. The van der Waals surface area contributed by atoms with E-state index in [-0.39, 0.29) is 37.5 Å². The first-order valence-electron chi connectivity index (χ1n) is 6.61. The summed E-state index contributed by atoms with van der Waals surface area (Å²) in [7, 11) is 2.99. The summed E-state index contributed by atoms with van der Waals surface area (Å²) in [4.78, 5) is 11.9. The number of rotatable bonds is 9. The van der Waals surface area contributed by atoms with Crippen LogP contribution in [0.2, 0.25) is 0 Å². The summed E-state index contributed by atoms with van der Waals surface area (Å²) in [6.45, 7) is 3.68. The van der Waals surface area contributed by atoms with Crippen LogP contribution in [0.5, 0.6) is 17.2 Å². The Labute approximate surface area is 124 Å². The van der Waals surface area contributed by atoms with Crippen molar-refractivity contribution >= 4 is 5.78 Å². The van der Waals surface area contributed by atoms with Gasteiger partial charge in [-0.15, -0.1) is 0 Å². The van der Waals surface area contributed by atoms with Crippen molar-refractivity contribution in [1.82, 2.24) is 0 Å². The number of ketones is 1. The van der Waals surface area contributed by atoms with Crippen LogP contribution in [0.4, 0.5) is 0 Å². The van der Waals surface area contributed by atoms with Gasteiger partial charge in [-0.25, -0.2) is 0 Å². The molecule has 1 N–H and O–H groups in total. The predicted octanol–water partition coefficient (Wildman–Crippen LogP) is 2.13. The van der Waals surface area contributed by atoms with E-state index in [9.17, 15) is 9.90 Å². The highest BCUT2D eigenvalue weighted by Crippen LogP contribution is 2.34. The number of ether oxygens (including phenoxy) is 4. The number of carbonyl (C=O) groups is 1. The summed E-state index contributed by atoms with van der Waals surface area (Å²) >= 11 is 0. The second-order valence-corrected chi connectivity index (χ2v) is 4.82. The molecule has 0 heterocycles. The van der Waals surface area contributed by atoms with Crippen LogP contribution in [0, 0.1) is 5.92 Å². The molecule has 0 radical (unpaired) electrons. The Morgan fingerprint density at radius 1 is 1.14 bits per heavy atom. The van der Waals surface area contributed by atoms with E-state index in [0.717, 1.165) is 0 Å². The van der Waals surface area contributed by atoms with Crippen LogP contribution in [-0.4, -0.2) is 38.7 Å². The molecule has 0 aliphatic carbocycles. The quantitative estimate of drug-likeness (QED) is 0.704. The van der Waals surface area contributed by atoms with Crippen molar-refractivity contribution in [3.05, 3.63) is 17.7 Å². The normalized spacial score (nSPS) is 10.7. The van der Waals surface area contributed by atoms with Crippen molar-refractivity contribution < 1.29 is 28.8 Å². The zero-order valence-electron chi connectivity index (χ0n) is 12.8. The Morgan fingerprint density at radius 3 is 2.33 bits per heavy atom. The number of methoxy groups -OCH3 is 2. The number of carbonyl (C=O) groups excluding carboxylic acids is 1. The van der Waals surface area contributed by atoms with Crippen molar-refractivity contribution in [1.29, 1.82) is 0 Å². The molecule has 1 rings (SSSR count). The largest absolute Gasteiger partial charge is 0.507 e. The molecule has 0 aromatic heterocycles. The highest BCUT2D eigenvalue weighted by molar-refractivity contribution is 5.84. The molecule has 0 aliphatic heterocycles. The molecule has 21 heavy (non-hydrogen) atoms. The van der Waals surface area contributed by atoms with Crippen molar-refractivity contribution in [3.8, 4) is 17.2 Å². The highest BCUT2D eigenvalue weighted by atomic mass is 16.7. The molecular formula is C15H22O6. The molecular weight excluding hydrogens is 276 g/mol. The minimum absolute atomic E-state index is 0.00996. The molecule has 0 bridgehead atoms. The summed E-state index contributed by atoms with van der Waals surface area (Å²) in [5.41, 5.74) is 0.426. The van der Waals surface area contributed by atoms with Gasteiger partial charge >= 0.3 is 0 Å². The van der Waals surface area contributed by atoms with Crippen molar-refractivity contribution in [2.24, 2.45) is 5.92 Å². The Hall–Kier alpha value is -1.79. The molecule has 0 fully saturated rings. The lowest BCUT2D eigenvalue weighted by Gasteiger charge is -2.15. The number of hydrogen-bond donors (Lipinski definition) is 1. The number of Topliss-reactive ketones (excluding diaryl/α,β-unsaturated/α-hetero) is 1. The van der Waals surface area contributed by atoms with Crippen LogP contribution in [-0.2, 0) is 20.7 Å². The minimum Gasteiger partial charge on any atom is -0.507 e. The van der Waals surface area contributed by atoms with Gasteiger partial charge in [-0.3, -0.25) is 4.79 Å². The summed E-state index contributed by atoms with van der Waals surface area (Å²) in [5.74, 6) is 0.587. The summed E-state index contributed by atoms with van der Waals surface area (Å²) in [6.07, 6.45) is 0.0904. The average molecular weight is 298 g/mol.